The summed E-state index contributed by atoms with van der Waals surface area (Å²) < 4.78 is 2.10. The summed E-state index contributed by atoms with van der Waals surface area (Å²) in [6.45, 7) is 7.21. The molecular weight excluding hydrogens is 324 g/mol. The Morgan fingerprint density at radius 2 is 1.92 bits per heavy atom. The van der Waals surface area contributed by atoms with E-state index in [-0.39, 0.29) is 0 Å². The molecule has 1 unspecified atom stereocenters. The highest BCUT2D eigenvalue weighted by atomic mass is 16.3. The Balaban J connectivity index is 1.61. The monoisotopic (exact) mass is 350 g/mol. The molecule has 4 rings (SSSR count). The summed E-state index contributed by atoms with van der Waals surface area (Å²) in [5.74, 6) is 0. The minimum absolute atomic E-state index is 0.531. The summed E-state index contributed by atoms with van der Waals surface area (Å²) in [7, 11) is 2.18. The summed E-state index contributed by atoms with van der Waals surface area (Å²) in [5, 5.41) is 10.2. The van der Waals surface area contributed by atoms with Gasteiger partial charge in [-0.2, -0.15) is 0 Å². The predicted molar refractivity (Wildman–Crippen MR) is 104 cm³/mol. The molecule has 26 heavy (non-hydrogen) atoms. The molecule has 1 N–H and O–H groups in total. The molecule has 136 valence electrons. The maximum Gasteiger partial charge on any atom is 0.0874 e. The van der Waals surface area contributed by atoms with Crippen molar-refractivity contribution in [2.45, 2.75) is 19.6 Å². The quantitative estimate of drug-likeness (QED) is 0.786. The molecule has 3 aromatic rings. The van der Waals surface area contributed by atoms with Gasteiger partial charge in [0.1, 0.15) is 0 Å². The number of aliphatic hydroxyl groups excluding tert-OH is 1. The number of fused-ring (bicyclic) bond motifs is 1. The van der Waals surface area contributed by atoms with Crippen molar-refractivity contribution in [2.75, 3.05) is 33.2 Å². The third kappa shape index (κ3) is 3.38. The van der Waals surface area contributed by atoms with E-state index < -0.39 is 6.10 Å². The lowest BCUT2D eigenvalue weighted by molar-refractivity contribution is 0.148. The highest BCUT2D eigenvalue weighted by Crippen LogP contribution is 2.30. The lowest BCUT2D eigenvalue weighted by atomic mass is 10.1. The van der Waals surface area contributed by atoms with Crippen LogP contribution in [0.1, 0.15) is 24.2 Å². The molecule has 0 aromatic carbocycles. The van der Waals surface area contributed by atoms with Gasteiger partial charge in [0.25, 0.3) is 0 Å². The Morgan fingerprint density at radius 3 is 2.62 bits per heavy atom. The van der Waals surface area contributed by atoms with E-state index in [9.17, 15) is 5.11 Å². The molecule has 1 aliphatic rings. The summed E-state index contributed by atoms with van der Waals surface area (Å²) in [5.41, 5.74) is 5.09. The molecule has 5 nitrogen and oxygen atoms in total. The van der Waals surface area contributed by atoms with Crippen LogP contribution < -0.4 is 0 Å². The zero-order chi connectivity index (χ0) is 18.1. The van der Waals surface area contributed by atoms with E-state index in [1.54, 1.807) is 6.92 Å². The van der Waals surface area contributed by atoms with Gasteiger partial charge in [-0.25, -0.2) is 0 Å². The van der Waals surface area contributed by atoms with Crippen LogP contribution in [0.5, 0.6) is 0 Å². The van der Waals surface area contributed by atoms with Crippen molar-refractivity contribution in [3.8, 4) is 11.4 Å². The number of likely N-dealkylation sites (N-methyl/N-ethyl adjacent to an activating group) is 1. The van der Waals surface area contributed by atoms with Crippen molar-refractivity contribution >= 4 is 5.52 Å². The van der Waals surface area contributed by atoms with E-state index >= 15 is 0 Å². The second-order valence-corrected chi connectivity index (χ2v) is 7.25. The molecule has 5 heteroatoms. The summed E-state index contributed by atoms with van der Waals surface area (Å²) in [6, 6.07) is 12.3. The van der Waals surface area contributed by atoms with Crippen molar-refractivity contribution in [1.82, 2.24) is 19.2 Å². The number of pyridine rings is 2. The number of aliphatic hydroxyl groups is 1. The van der Waals surface area contributed by atoms with Crippen LogP contribution in [0.3, 0.4) is 0 Å². The van der Waals surface area contributed by atoms with E-state index in [0.717, 1.165) is 55.2 Å². The fourth-order valence-electron chi connectivity index (χ4n) is 3.66. The number of hydrogen-bond donors (Lipinski definition) is 1. The molecule has 1 aliphatic heterocycles. The van der Waals surface area contributed by atoms with Crippen molar-refractivity contribution in [1.29, 1.82) is 0 Å². The number of rotatable bonds is 4. The molecular formula is C21H26N4O. The van der Waals surface area contributed by atoms with Crippen LogP contribution in [0.15, 0.2) is 48.8 Å². The minimum Gasteiger partial charge on any atom is -0.389 e. The Morgan fingerprint density at radius 1 is 1.12 bits per heavy atom. The first-order chi connectivity index (χ1) is 12.6. The standard InChI is InChI=1S/C21H26N4O/c1-16(26)19-13-18-5-3-4-8-25(18)21(19)20-7-6-17(14-22-20)15-24-11-9-23(2)10-12-24/h3-8,13-14,16,26H,9-12,15H2,1-2H3. The molecule has 1 atom stereocenters. The van der Waals surface area contributed by atoms with E-state index in [0.29, 0.717) is 0 Å². The van der Waals surface area contributed by atoms with Gasteiger partial charge in [-0.05, 0) is 43.8 Å². The Bertz CT molecular complexity index is 877. The first kappa shape index (κ1) is 17.2. The Kier molecular flexibility index (Phi) is 4.76. The van der Waals surface area contributed by atoms with Crippen molar-refractivity contribution in [2.24, 2.45) is 0 Å². The molecule has 0 saturated carbocycles. The second kappa shape index (κ2) is 7.19. The third-order valence-electron chi connectivity index (χ3n) is 5.23. The van der Waals surface area contributed by atoms with E-state index in [1.165, 1.54) is 5.56 Å². The Hall–Kier alpha value is -2.21. The van der Waals surface area contributed by atoms with Gasteiger partial charge in [0.2, 0.25) is 0 Å². The first-order valence-electron chi connectivity index (χ1n) is 9.26. The lowest BCUT2D eigenvalue weighted by Crippen LogP contribution is -2.43. The average Bonchev–Trinajstić information content (AvgIpc) is 3.04. The van der Waals surface area contributed by atoms with Gasteiger partial charge in [-0.3, -0.25) is 9.88 Å². The van der Waals surface area contributed by atoms with Crippen LogP contribution in [0, 0.1) is 0 Å². The van der Waals surface area contributed by atoms with E-state index in [2.05, 4.69) is 39.4 Å². The van der Waals surface area contributed by atoms with Crippen LogP contribution >= 0.6 is 0 Å². The predicted octanol–water partition coefficient (Wildman–Crippen LogP) is 2.80. The topological polar surface area (TPSA) is 44.0 Å². The van der Waals surface area contributed by atoms with Gasteiger partial charge < -0.3 is 14.4 Å². The molecule has 1 fully saturated rings. The van der Waals surface area contributed by atoms with Gasteiger partial charge in [-0.15, -0.1) is 0 Å². The highest BCUT2D eigenvalue weighted by Gasteiger charge is 2.17. The first-order valence-corrected chi connectivity index (χ1v) is 9.26. The minimum atomic E-state index is -0.531. The van der Waals surface area contributed by atoms with Crippen LogP contribution in [-0.2, 0) is 6.54 Å². The average molecular weight is 350 g/mol. The van der Waals surface area contributed by atoms with Crippen molar-refractivity contribution in [3.05, 3.63) is 59.9 Å². The number of nitrogens with zero attached hydrogens (tertiary/aromatic N) is 4. The van der Waals surface area contributed by atoms with Crippen molar-refractivity contribution in [3.63, 3.8) is 0 Å². The molecule has 4 heterocycles. The lowest BCUT2D eigenvalue weighted by Gasteiger charge is -2.32. The van der Waals surface area contributed by atoms with Gasteiger partial charge in [0.15, 0.2) is 0 Å². The van der Waals surface area contributed by atoms with E-state index in [1.807, 2.05) is 30.6 Å². The molecule has 0 spiro atoms. The molecule has 0 amide bonds. The smallest absolute Gasteiger partial charge is 0.0874 e. The fraction of sp³-hybridized carbons (Fsp3) is 0.381. The second-order valence-electron chi connectivity index (χ2n) is 7.25. The zero-order valence-corrected chi connectivity index (χ0v) is 15.5. The molecule has 0 bridgehead atoms. The number of aromatic nitrogens is 2. The molecule has 0 radical (unpaired) electrons. The van der Waals surface area contributed by atoms with Gasteiger partial charge in [0, 0.05) is 56.2 Å². The normalized spacial score (nSPS) is 17.7. The summed E-state index contributed by atoms with van der Waals surface area (Å²) in [6.07, 6.45) is 3.47. The molecule has 0 aliphatic carbocycles. The van der Waals surface area contributed by atoms with Crippen LogP contribution in [-0.4, -0.2) is 57.5 Å². The summed E-state index contributed by atoms with van der Waals surface area (Å²) >= 11 is 0. The van der Waals surface area contributed by atoms with Crippen LogP contribution in [0.4, 0.5) is 0 Å². The third-order valence-corrected chi connectivity index (χ3v) is 5.23. The fourth-order valence-corrected chi connectivity index (χ4v) is 3.66. The number of hydrogen-bond acceptors (Lipinski definition) is 4. The number of piperazine rings is 1. The molecule has 3 aromatic heterocycles. The highest BCUT2D eigenvalue weighted by molar-refractivity contribution is 5.69. The SMILES string of the molecule is CC(O)c1cc2ccccn2c1-c1ccc(CN2CCN(C)CC2)cn1. The van der Waals surface area contributed by atoms with Crippen LogP contribution in [0.25, 0.3) is 16.9 Å². The van der Waals surface area contributed by atoms with Crippen molar-refractivity contribution < 1.29 is 5.11 Å². The largest absolute Gasteiger partial charge is 0.389 e. The van der Waals surface area contributed by atoms with Gasteiger partial charge in [-0.1, -0.05) is 12.1 Å². The van der Waals surface area contributed by atoms with E-state index in [4.69, 9.17) is 4.98 Å². The van der Waals surface area contributed by atoms with Gasteiger partial charge in [0.05, 0.1) is 17.5 Å². The maximum absolute atomic E-state index is 10.2. The maximum atomic E-state index is 10.2. The summed E-state index contributed by atoms with van der Waals surface area (Å²) in [4.78, 5) is 9.57. The Labute approximate surface area is 154 Å². The zero-order valence-electron chi connectivity index (χ0n) is 15.5. The molecule has 1 saturated heterocycles. The van der Waals surface area contributed by atoms with Crippen LogP contribution in [0.2, 0.25) is 0 Å². The van der Waals surface area contributed by atoms with Gasteiger partial charge >= 0.3 is 0 Å².